The molecular weight excluding hydrogens is 406 g/mol. The van der Waals surface area contributed by atoms with Gasteiger partial charge in [0, 0.05) is 17.5 Å². The maximum absolute atomic E-state index is 12.8. The second kappa shape index (κ2) is 8.06. The summed E-state index contributed by atoms with van der Waals surface area (Å²) in [4.78, 5) is 19.7. The summed E-state index contributed by atoms with van der Waals surface area (Å²) in [7, 11) is 0. The number of benzene rings is 2. The van der Waals surface area contributed by atoms with E-state index in [4.69, 9.17) is 5.73 Å². The molecule has 0 atom stereocenters. The highest BCUT2D eigenvalue weighted by molar-refractivity contribution is 5.80. The van der Waals surface area contributed by atoms with Crippen LogP contribution < -0.4 is 11.3 Å². The van der Waals surface area contributed by atoms with E-state index in [-0.39, 0.29) is 11.5 Å². The summed E-state index contributed by atoms with van der Waals surface area (Å²) in [6, 6.07) is 16.0. The molecule has 0 aliphatic heterocycles. The number of rotatable bonds is 6. The fourth-order valence-electron chi connectivity index (χ4n) is 3.92. The summed E-state index contributed by atoms with van der Waals surface area (Å²) in [6.07, 6.45) is 2.05. The lowest BCUT2D eigenvalue weighted by Gasteiger charge is -2.11. The van der Waals surface area contributed by atoms with Gasteiger partial charge in [-0.25, -0.2) is 4.52 Å². The van der Waals surface area contributed by atoms with Gasteiger partial charge in [0.1, 0.15) is 0 Å². The molecule has 0 saturated heterocycles. The summed E-state index contributed by atoms with van der Waals surface area (Å²) in [5.41, 5.74) is 11.0. The lowest BCUT2D eigenvalue weighted by Crippen LogP contribution is -2.20. The van der Waals surface area contributed by atoms with Gasteiger partial charge in [-0.05, 0) is 28.3 Å². The van der Waals surface area contributed by atoms with E-state index in [2.05, 4.69) is 42.6 Å². The van der Waals surface area contributed by atoms with Gasteiger partial charge in [0.2, 0.25) is 17.6 Å². The highest BCUT2D eigenvalue weighted by Crippen LogP contribution is 2.30. The maximum atomic E-state index is 12.8. The average Bonchev–Trinajstić information content (AvgIpc) is 3.46. The number of nitrogens with zero attached hydrogens (tertiary/aromatic N) is 6. The van der Waals surface area contributed by atoms with E-state index in [1.54, 1.807) is 4.52 Å². The van der Waals surface area contributed by atoms with Crippen LogP contribution in [-0.4, -0.2) is 40.2 Å². The molecule has 10 heteroatoms. The first-order chi connectivity index (χ1) is 15.6. The van der Waals surface area contributed by atoms with Gasteiger partial charge in [0.05, 0.1) is 5.69 Å². The third-order valence-electron chi connectivity index (χ3n) is 5.37. The first-order valence-electron chi connectivity index (χ1n) is 10.3. The van der Waals surface area contributed by atoms with E-state index < -0.39 is 0 Å². The Morgan fingerprint density at radius 3 is 2.56 bits per heavy atom. The van der Waals surface area contributed by atoms with Crippen LogP contribution in [0.2, 0.25) is 0 Å². The Kier molecular flexibility index (Phi) is 4.94. The summed E-state index contributed by atoms with van der Waals surface area (Å²) >= 11 is 0. The van der Waals surface area contributed by atoms with Gasteiger partial charge in [-0.1, -0.05) is 61.9 Å². The molecule has 0 spiro atoms. The topological polar surface area (TPSA) is 144 Å². The van der Waals surface area contributed by atoms with Crippen molar-refractivity contribution in [2.24, 2.45) is 0 Å². The quantitative estimate of drug-likeness (QED) is 0.377. The highest BCUT2D eigenvalue weighted by atomic mass is 16.1. The van der Waals surface area contributed by atoms with Crippen molar-refractivity contribution in [2.75, 3.05) is 5.73 Å². The van der Waals surface area contributed by atoms with E-state index in [0.29, 0.717) is 30.0 Å². The number of tetrazole rings is 1. The summed E-state index contributed by atoms with van der Waals surface area (Å²) < 4.78 is 1.64. The Morgan fingerprint density at radius 1 is 1.06 bits per heavy atom. The zero-order valence-corrected chi connectivity index (χ0v) is 17.4. The zero-order chi connectivity index (χ0) is 22.1. The lowest BCUT2D eigenvalue weighted by atomic mass is 9.96. The van der Waals surface area contributed by atoms with E-state index in [0.717, 1.165) is 34.4 Å². The first-order valence-corrected chi connectivity index (χ1v) is 10.3. The fraction of sp³-hybridized carbons (Fsp3) is 0.182. The molecule has 0 saturated carbocycles. The molecule has 0 unspecified atom stereocenters. The van der Waals surface area contributed by atoms with Crippen LogP contribution in [0.3, 0.4) is 0 Å². The van der Waals surface area contributed by atoms with Gasteiger partial charge >= 0.3 is 0 Å². The fourth-order valence-corrected chi connectivity index (χ4v) is 3.92. The molecule has 0 radical (unpaired) electrons. The van der Waals surface area contributed by atoms with Crippen LogP contribution >= 0.6 is 0 Å². The third kappa shape index (κ3) is 3.51. The predicted octanol–water partition coefficient (Wildman–Crippen LogP) is 2.39. The molecule has 0 fully saturated rings. The van der Waals surface area contributed by atoms with Crippen molar-refractivity contribution in [3.63, 3.8) is 0 Å². The van der Waals surface area contributed by atoms with Crippen LogP contribution in [-0.2, 0) is 12.8 Å². The van der Waals surface area contributed by atoms with Crippen molar-refractivity contribution in [1.29, 1.82) is 0 Å². The summed E-state index contributed by atoms with van der Waals surface area (Å²) in [5.74, 6) is 1.05. The molecule has 0 bridgehead atoms. The first kappa shape index (κ1) is 19.6. The van der Waals surface area contributed by atoms with Gasteiger partial charge in [0.15, 0.2) is 0 Å². The number of nitrogens with one attached hydrogen (secondary N) is 2. The van der Waals surface area contributed by atoms with Crippen LogP contribution in [0.5, 0.6) is 0 Å². The number of hydrogen-bond acceptors (Lipinski definition) is 7. The second-order valence-corrected chi connectivity index (χ2v) is 7.49. The van der Waals surface area contributed by atoms with Crippen LogP contribution in [0.4, 0.5) is 5.95 Å². The van der Waals surface area contributed by atoms with Crippen molar-refractivity contribution in [3.8, 4) is 22.5 Å². The number of aromatic nitrogens is 8. The number of H-pyrrole nitrogens is 2. The van der Waals surface area contributed by atoms with Gasteiger partial charge in [0.25, 0.3) is 5.56 Å². The third-order valence-corrected chi connectivity index (χ3v) is 5.37. The lowest BCUT2D eigenvalue weighted by molar-refractivity contribution is 0.771. The van der Waals surface area contributed by atoms with Crippen molar-refractivity contribution < 1.29 is 0 Å². The minimum Gasteiger partial charge on any atom is -0.366 e. The van der Waals surface area contributed by atoms with Gasteiger partial charge in [-0.3, -0.25) is 9.78 Å². The zero-order valence-electron chi connectivity index (χ0n) is 17.4. The number of aromatic amines is 2. The molecule has 5 aromatic rings. The number of nitrogens with two attached hydrogens (primary N) is 1. The number of aryl methyl sites for hydroxylation is 1. The Morgan fingerprint density at radius 2 is 1.84 bits per heavy atom. The number of nitrogen functional groups attached to an aromatic ring is 1. The largest absolute Gasteiger partial charge is 0.366 e. The smallest absolute Gasteiger partial charge is 0.256 e. The molecule has 0 amide bonds. The molecule has 4 N–H and O–H groups in total. The minimum absolute atomic E-state index is 0.139. The van der Waals surface area contributed by atoms with Gasteiger partial charge < -0.3 is 5.73 Å². The van der Waals surface area contributed by atoms with E-state index in [1.165, 1.54) is 0 Å². The Bertz CT molecular complexity index is 1430. The Labute approximate surface area is 182 Å². The van der Waals surface area contributed by atoms with E-state index >= 15 is 0 Å². The van der Waals surface area contributed by atoms with Gasteiger partial charge in [-0.15, -0.1) is 15.3 Å². The predicted molar refractivity (Wildman–Crippen MR) is 120 cm³/mol. The number of anilines is 1. The van der Waals surface area contributed by atoms with E-state index in [1.807, 2.05) is 48.5 Å². The summed E-state index contributed by atoms with van der Waals surface area (Å²) in [6.45, 7) is 2.06. The minimum atomic E-state index is -0.167. The van der Waals surface area contributed by atoms with Crippen LogP contribution in [0.15, 0.2) is 53.3 Å². The number of fused-ring (bicyclic) bond motifs is 1. The molecule has 3 heterocycles. The van der Waals surface area contributed by atoms with Crippen LogP contribution in [0.1, 0.15) is 30.2 Å². The van der Waals surface area contributed by atoms with Crippen molar-refractivity contribution in [2.45, 2.75) is 26.2 Å². The highest BCUT2D eigenvalue weighted by Gasteiger charge is 2.16. The summed E-state index contributed by atoms with van der Waals surface area (Å²) in [5, 5.41) is 18.6. The molecule has 160 valence electrons. The monoisotopic (exact) mass is 427 g/mol. The Hall–Kier alpha value is -4.34. The van der Waals surface area contributed by atoms with Crippen molar-refractivity contribution in [3.05, 3.63) is 75.7 Å². The SMILES string of the molecule is CCCc1c(Cc2ccc(-c3ccccc3-c3nn[nH]n3)cc2)c(=O)[nH]c2nc(N)nn12. The van der Waals surface area contributed by atoms with Gasteiger partial charge in [-0.2, -0.15) is 10.2 Å². The van der Waals surface area contributed by atoms with Crippen LogP contribution in [0.25, 0.3) is 28.3 Å². The molecule has 3 aromatic heterocycles. The molecule has 2 aromatic carbocycles. The normalized spacial score (nSPS) is 11.3. The standard InChI is InChI=1S/C22H21N9O/c1-2-5-18-17(20(32)24-22-25-21(23)28-31(18)22)12-13-8-10-14(11-9-13)15-6-3-4-7-16(15)19-26-29-30-27-19/h3-4,6-11H,2,5,12H2,1H3,(H,26,27,29,30)(H3,23,24,25,28,32). The molecule has 0 aliphatic rings. The molecule has 32 heavy (non-hydrogen) atoms. The number of hydrogen-bond donors (Lipinski definition) is 3. The maximum Gasteiger partial charge on any atom is 0.256 e. The molecule has 10 nitrogen and oxygen atoms in total. The van der Waals surface area contributed by atoms with Crippen molar-refractivity contribution >= 4 is 11.7 Å². The molecule has 0 aliphatic carbocycles. The van der Waals surface area contributed by atoms with Crippen molar-refractivity contribution in [1.82, 2.24) is 40.2 Å². The average molecular weight is 427 g/mol. The van der Waals surface area contributed by atoms with Crippen LogP contribution in [0, 0.1) is 0 Å². The van der Waals surface area contributed by atoms with E-state index in [9.17, 15) is 4.79 Å². The Balaban J connectivity index is 1.51. The second-order valence-electron chi connectivity index (χ2n) is 7.49. The molecule has 5 rings (SSSR count). The molecular formula is C22H21N9O.